The van der Waals surface area contributed by atoms with Gasteiger partial charge in [0.25, 0.3) is 0 Å². The fourth-order valence-electron chi connectivity index (χ4n) is 3.60. The molecule has 0 spiro atoms. The van der Waals surface area contributed by atoms with Crippen LogP contribution in [0.3, 0.4) is 0 Å². The third-order valence-electron chi connectivity index (χ3n) is 5.26. The summed E-state index contributed by atoms with van der Waals surface area (Å²) in [6.45, 7) is 2.87. The quantitative estimate of drug-likeness (QED) is 0.790. The Labute approximate surface area is 170 Å². The van der Waals surface area contributed by atoms with Crippen molar-refractivity contribution in [1.29, 1.82) is 0 Å². The van der Waals surface area contributed by atoms with Gasteiger partial charge in [-0.3, -0.25) is 14.7 Å². The van der Waals surface area contributed by atoms with Gasteiger partial charge in [0, 0.05) is 13.6 Å². The van der Waals surface area contributed by atoms with Crippen molar-refractivity contribution >= 4 is 17.7 Å². The van der Waals surface area contributed by atoms with Gasteiger partial charge in [0.15, 0.2) is 0 Å². The summed E-state index contributed by atoms with van der Waals surface area (Å²) in [4.78, 5) is 31.4. The van der Waals surface area contributed by atoms with Crippen LogP contribution in [0.25, 0.3) is 0 Å². The van der Waals surface area contributed by atoms with Crippen molar-refractivity contribution in [2.45, 2.75) is 38.0 Å². The van der Waals surface area contributed by atoms with Gasteiger partial charge in [-0.15, -0.1) is 0 Å². The number of carbonyl (C=O) groups is 2. The Bertz CT molecular complexity index is 780. The second kappa shape index (κ2) is 9.56. The summed E-state index contributed by atoms with van der Waals surface area (Å²) in [5, 5.41) is 2.67. The molecule has 8 heteroatoms. The first-order valence-electron chi connectivity index (χ1n) is 9.70. The molecular formula is C21H27N3O5. The lowest BCUT2D eigenvalue weighted by molar-refractivity contribution is -0.146. The van der Waals surface area contributed by atoms with Gasteiger partial charge in [-0.2, -0.15) is 0 Å². The fourth-order valence-corrected chi connectivity index (χ4v) is 3.60. The first kappa shape index (κ1) is 20.9. The maximum Gasteiger partial charge on any atom is 0.411 e. The van der Waals surface area contributed by atoms with E-state index in [0.717, 1.165) is 11.3 Å². The zero-order valence-electron chi connectivity index (χ0n) is 16.8. The summed E-state index contributed by atoms with van der Waals surface area (Å²) in [6.07, 6.45) is 3.41. The number of rotatable bonds is 6. The second-order valence-electron chi connectivity index (χ2n) is 7.15. The molecule has 1 aromatic carbocycles. The van der Waals surface area contributed by atoms with Crippen LogP contribution in [0.15, 0.2) is 47.8 Å². The number of hydrogen-bond acceptors (Lipinski definition) is 6. The number of nitrogens with one attached hydrogen (secondary N) is 1. The molecule has 1 saturated heterocycles. The highest BCUT2D eigenvalue weighted by atomic mass is 16.6. The van der Waals surface area contributed by atoms with Crippen molar-refractivity contribution in [3.63, 3.8) is 0 Å². The Balaban J connectivity index is 1.72. The SMILES string of the molecule is CNC(=O)C1(C)C(OCC2=NC=COC2)CCCN1C(=O)OCc1ccccc1. The van der Waals surface area contributed by atoms with Crippen LogP contribution < -0.4 is 5.32 Å². The number of hydrogen-bond donors (Lipinski definition) is 1. The minimum atomic E-state index is -1.19. The van der Waals surface area contributed by atoms with Crippen LogP contribution >= 0.6 is 0 Å². The predicted octanol–water partition coefficient (Wildman–Crippen LogP) is 2.25. The van der Waals surface area contributed by atoms with Gasteiger partial charge in [0.1, 0.15) is 25.0 Å². The Morgan fingerprint density at radius 1 is 1.31 bits per heavy atom. The Kier molecular flexibility index (Phi) is 6.87. The van der Waals surface area contributed by atoms with Crippen LogP contribution in [-0.4, -0.2) is 61.1 Å². The molecular weight excluding hydrogens is 374 g/mol. The van der Waals surface area contributed by atoms with Crippen molar-refractivity contribution in [1.82, 2.24) is 10.2 Å². The van der Waals surface area contributed by atoms with Crippen molar-refractivity contribution in [3.05, 3.63) is 48.4 Å². The summed E-state index contributed by atoms with van der Waals surface area (Å²) in [6, 6.07) is 9.44. The van der Waals surface area contributed by atoms with E-state index in [1.807, 2.05) is 30.3 Å². The van der Waals surface area contributed by atoms with Crippen LogP contribution in [-0.2, 0) is 25.6 Å². The molecule has 29 heavy (non-hydrogen) atoms. The zero-order chi connectivity index (χ0) is 20.7. The number of aliphatic imine (C=N–C) groups is 1. The molecule has 2 amide bonds. The first-order chi connectivity index (χ1) is 14.1. The molecule has 2 heterocycles. The number of likely N-dealkylation sites (tertiary alicyclic amines) is 1. The molecule has 0 bridgehead atoms. The molecule has 0 aliphatic carbocycles. The predicted molar refractivity (Wildman–Crippen MR) is 107 cm³/mol. The number of amides is 2. The van der Waals surface area contributed by atoms with E-state index in [0.29, 0.717) is 26.0 Å². The summed E-state index contributed by atoms with van der Waals surface area (Å²) in [5.41, 5.74) is 0.429. The number of nitrogens with zero attached hydrogens (tertiary/aromatic N) is 2. The maximum absolute atomic E-state index is 12.9. The van der Waals surface area contributed by atoms with Gasteiger partial charge < -0.3 is 19.5 Å². The van der Waals surface area contributed by atoms with Gasteiger partial charge >= 0.3 is 6.09 Å². The van der Waals surface area contributed by atoms with E-state index in [4.69, 9.17) is 14.2 Å². The number of piperidine rings is 1. The van der Waals surface area contributed by atoms with Crippen LogP contribution in [0.4, 0.5) is 4.79 Å². The van der Waals surface area contributed by atoms with E-state index in [1.165, 1.54) is 11.2 Å². The smallest absolute Gasteiger partial charge is 0.411 e. The monoisotopic (exact) mass is 401 g/mol. The van der Waals surface area contributed by atoms with Gasteiger partial charge in [0.2, 0.25) is 5.91 Å². The fraction of sp³-hybridized carbons (Fsp3) is 0.476. The van der Waals surface area contributed by atoms with E-state index in [-0.39, 0.29) is 19.1 Å². The number of benzene rings is 1. The average Bonchev–Trinajstić information content (AvgIpc) is 2.77. The third-order valence-corrected chi connectivity index (χ3v) is 5.26. The van der Waals surface area contributed by atoms with E-state index >= 15 is 0 Å². The minimum absolute atomic E-state index is 0.145. The van der Waals surface area contributed by atoms with Crippen molar-refractivity contribution in [2.24, 2.45) is 4.99 Å². The van der Waals surface area contributed by atoms with E-state index in [1.54, 1.807) is 20.2 Å². The van der Waals surface area contributed by atoms with Crippen LogP contribution in [0.5, 0.6) is 0 Å². The number of carbonyl (C=O) groups excluding carboxylic acids is 2. The normalized spacial score (nSPS) is 23.7. The van der Waals surface area contributed by atoms with Crippen molar-refractivity contribution in [3.8, 4) is 0 Å². The average molecular weight is 401 g/mol. The zero-order valence-corrected chi connectivity index (χ0v) is 16.8. The van der Waals surface area contributed by atoms with Crippen LogP contribution in [0.2, 0.25) is 0 Å². The molecule has 1 aromatic rings. The van der Waals surface area contributed by atoms with E-state index in [9.17, 15) is 9.59 Å². The Hall–Kier alpha value is -2.87. The van der Waals surface area contributed by atoms with Gasteiger partial charge in [-0.25, -0.2) is 4.79 Å². The molecule has 1 N–H and O–H groups in total. The Morgan fingerprint density at radius 2 is 2.10 bits per heavy atom. The summed E-state index contributed by atoms with van der Waals surface area (Å²) >= 11 is 0. The van der Waals surface area contributed by atoms with Crippen molar-refractivity contribution in [2.75, 3.05) is 26.8 Å². The number of likely N-dealkylation sites (N-methyl/N-ethyl adjacent to an activating group) is 1. The van der Waals surface area contributed by atoms with Gasteiger partial charge in [0.05, 0.1) is 24.6 Å². The largest absolute Gasteiger partial charge is 0.494 e. The first-order valence-corrected chi connectivity index (χ1v) is 9.70. The van der Waals surface area contributed by atoms with Gasteiger partial charge in [-0.1, -0.05) is 30.3 Å². The minimum Gasteiger partial charge on any atom is -0.494 e. The molecule has 8 nitrogen and oxygen atoms in total. The summed E-state index contributed by atoms with van der Waals surface area (Å²) in [7, 11) is 1.55. The molecule has 2 unspecified atom stereocenters. The van der Waals surface area contributed by atoms with Crippen LogP contribution in [0.1, 0.15) is 25.3 Å². The van der Waals surface area contributed by atoms with Crippen LogP contribution in [0, 0.1) is 0 Å². The molecule has 2 aliphatic heterocycles. The molecule has 1 fully saturated rings. The molecule has 156 valence electrons. The highest BCUT2D eigenvalue weighted by Crippen LogP contribution is 2.32. The maximum atomic E-state index is 12.9. The van der Waals surface area contributed by atoms with E-state index in [2.05, 4.69) is 10.3 Å². The Morgan fingerprint density at radius 3 is 2.79 bits per heavy atom. The summed E-state index contributed by atoms with van der Waals surface area (Å²) < 4.78 is 16.8. The van der Waals surface area contributed by atoms with Gasteiger partial charge in [-0.05, 0) is 25.3 Å². The molecule has 0 radical (unpaired) electrons. The molecule has 0 aromatic heterocycles. The van der Waals surface area contributed by atoms with E-state index < -0.39 is 17.7 Å². The molecule has 2 atom stereocenters. The standard InChI is InChI=1S/C21H27N3O5/c1-21(19(25)22-2)18(28-15-17-14-27-12-10-23-17)9-6-11-24(21)20(26)29-13-16-7-4-3-5-8-16/h3-5,7-8,10,12,18H,6,9,11,13-15H2,1-2H3,(H,22,25). The topological polar surface area (TPSA) is 89.5 Å². The van der Waals surface area contributed by atoms with Crippen molar-refractivity contribution < 1.29 is 23.8 Å². The third kappa shape index (κ3) is 4.76. The molecule has 3 rings (SSSR count). The lowest BCUT2D eigenvalue weighted by Gasteiger charge is -2.47. The number of ether oxygens (including phenoxy) is 3. The highest BCUT2D eigenvalue weighted by Gasteiger charge is 2.51. The highest BCUT2D eigenvalue weighted by molar-refractivity contribution is 5.91. The molecule has 0 saturated carbocycles. The summed E-state index contributed by atoms with van der Waals surface area (Å²) in [5.74, 6) is -0.291. The second-order valence-corrected chi connectivity index (χ2v) is 7.15. The lowest BCUT2D eigenvalue weighted by Crippen LogP contribution is -2.67. The lowest BCUT2D eigenvalue weighted by atomic mass is 9.84. The molecule has 2 aliphatic rings.